The first-order chi connectivity index (χ1) is 7.04. The molecule has 0 saturated carbocycles. The van der Waals surface area contributed by atoms with Gasteiger partial charge in [-0.05, 0) is 0 Å². The fourth-order valence-corrected chi connectivity index (χ4v) is 0.888. The number of carbonyl (C=O) groups excluding carboxylic acids is 2. The molecule has 0 heterocycles. The highest BCUT2D eigenvalue weighted by Crippen LogP contribution is 2.08. The molecule has 15 heavy (non-hydrogen) atoms. The van der Waals surface area contributed by atoms with Crippen LogP contribution in [0.25, 0.3) is 0 Å². The molecule has 0 aliphatic rings. The lowest BCUT2D eigenvalue weighted by molar-refractivity contribution is -0.144. The van der Waals surface area contributed by atoms with Gasteiger partial charge in [0.1, 0.15) is 6.10 Å². The Kier molecular flexibility index (Phi) is 6.05. The minimum absolute atomic E-state index is 0.107. The molecule has 0 aromatic heterocycles. The summed E-state index contributed by atoms with van der Waals surface area (Å²) in [4.78, 5) is 21.9. The lowest BCUT2D eigenvalue weighted by Crippen LogP contribution is -2.27. The maximum absolute atomic E-state index is 11.0. The number of carbonyl (C=O) groups is 2. The van der Waals surface area contributed by atoms with Crippen LogP contribution in [-0.2, 0) is 19.1 Å². The average Bonchev–Trinajstić information content (AvgIpc) is 2.26. The molecule has 1 unspecified atom stereocenters. The van der Waals surface area contributed by atoms with E-state index in [0.717, 1.165) is 6.08 Å². The minimum atomic E-state index is -0.581. The SMILES string of the molecule is C=CC(=O)OC(CN)CC(=C)C(=O)OC. The van der Waals surface area contributed by atoms with Crippen LogP contribution >= 0.6 is 0 Å². The molecule has 0 spiro atoms. The molecule has 0 rings (SSSR count). The van der Waals surface area contributed by atoms with Gasteiger partial charge in [-0.3, -0.25) is 0 Å². The Morgan fingerprint density at radius 1 is 1.53 bits per heavy atom. The molecule has 1 atom stereocenters. The Morgan fingerprint density at radius 2 is 2.13 bits per heavy atom. The number of nitrogens with two attached hydrogens (primary N) is 1. The second kappa shape index (κ2) is 6.78. The van der Waals surface area contributed by atoms with Crippen molar-refractivity contribution < 1.29 is 19.1 Å². The van der Waals surface area contributed by atoms with Crippen LogP contribution in [0.15, 0.2) is 24.8 Å². The predicted molar refractivity (Wildman–Crippen MR) is 54.9 cm³/mol. The second-order valence-corrected chi connectivity index (χ2v) is 2.80. The van der Waals surface area contributed by atoms with Gasteiger partial charge in [0.25, 0.3) is 0 Å². The highest BCUT2D eigenvalue weighted by Gasteiger charge is 2.16. The van der Waals surface area contributed by atoms with Crippen LogP contribution in [0.2, 0.25) is 0 Å². The molecule has 84 valence electrons. The van der Waals surface area contributed by atoms with Crippen molar-refractivity contribution in [3.8, 4) is 0 Å². The van der Waals surface area contributed by atoms with Crippen LogP contribution in [-0.4, -0.2) is 31.7 Å². The van der Waals surface area contributed by atoms with Crippen LogP contribution < -0.4 is 5.73 Å². The van der Waals surface area contributed by atoms with E-state index in [-0.39, 0.29) is 18.5 Å². The number of rotatable bonds is 6. The largest absolute Gasteiger partial charge is 0.466 e. The molecule has 0 radical (unpaired) electrons. The quantitative estimate of drug-likeness (QED) is 0.502. The third-order valence-electron chi connectivity index (χ3n) is 1.66. The van der Waals surface area contributed by atoms with Gasteiger partial charge in [0.05, 0.1) is 7.11 Å². The molecule has 0 bridgehead atoms. The van der Waals surface area contributed by atoms with Gasteiger partial charge >= 0.3 is 11.9 Å². The molecule has 0 aromatic carbocycles. The zero-order valence-corrected chi connectivity index (χ0v) is 8.69. The van der Waals surface area contributed by atoms with Gasteiger partial charge in [0.15, 0.2) is 0 Å². The van der Waals surface area contributed by atoms with Gasteiger partial charge in [-0.25, -0.2) is 9.59 Å². The minimum Gasteiger partial charge on any atom is -0.466 e. The number of esters is 2. The molecule has 0 aliphatic heterocycles. The highest BCUT2D eigenvalue weighted by molar-refractivity contribution is 5.87. The Hall–Kier alpha value is -1.62. The van der Waals surface area contributed by atoms with Crippen molar-refractivity contribution in [1.29, 1.82) is 0 Å². The maximum Gasteiger partial charge on any atom is 0.333 e. The Bertz CT molecular complexity index is 273. The van der Waals surface area contributed by atoms with E-state index in [4.69, 9.17) is 10.5 Å². The molecule has 2 N–H and O–H groups in total. The summed E-state index contributed by atoms with van der Waals surface area (Å²) in [5.41, 5.74) is 5.57. The second-order valence-electron chi connectivity index (χ2n) is 2.80. The Labute approximate surface area is 88.5 Å². The predicted octanol–water partition coefficient (Wildman–Crippen LogP) is 0.162. The monoisotopic (exact) mass is 213 g/mol. The molecule has 0 saturated heterocycles. The summed E-state index contributed by atoms with van der Waals surface area (Å²) in [6.45, 7) is 6.85. The summed E-state index contributed by atoms with van der Waals surface area (Å²) in [6, 6.07) is 0. The zero-order valence-electron chi connectivity index (χ0n) is 8.69. The van der Waals surface area contributed by atoms with Crippen LogP contribution in [0.5, 0.6) is 0 Å². The van der Waals surface area contributed by atoms with E-state index in [1.54, 1.807) is 0 Å². The summed E-state index contributed by atoms with van der Waals surface area (Å²) in [5, 5.41) is 0. The van der Waals surface area contributed by atoms with Gasteiger partial charge in [-0.1, -0.05) is 13.2 Å². The molecule has 0 fully saturated rings. The van der Waals surface area contributed by atoms with Crippen molar-refractivity contribution >= 4 is 11.9 Å². The van der Waals surface area contributed by atoms with Gasteiger partial charge in [0.2, 0.25) is 0 Å². The fraction of sp³-hybridized carbons (Fsp3) is 0.400. The summed E-state index contributed by atoms with van der Waals surface area (Å²) in [7, 11) is 1.25. The van der Waals surface area contributed by atoms with Crippen LogP contribution in [0.3, 0.4) is 0 Å². The third kappa shape index (κ3) is 4.97. The highest BCUT2D eigenvalue weighted by atomic mass is 16.5. The van der Waals surface area contributed by atoms with Crippen molar-refractivity contribution in [2.75, 3.05) is 13.7 Å². The first-order valence-corrected chi connectivity index (χ1v) is 4.34. The first-order valence-electron chi connectivity index (χ1n) is 4.34. The summed E-state index contributed by atoms with van der Waals surface area (Å²) >= 11 is 0. The van der Waals surface area contributed by atoms with Gasteiger partial charge < -0.3 is 15.2 Å². The van der Waals surface area contributed by atoms with E-state index in [0.29, 0.717) is 0 Å². The Morgan fingerprint density at radius 3 is 2.53 bits per heavy atom. The summed E-state index contributed by atoms with van der Waals surface area (Å²) < 4.78 is 9.31. The molecule has 0 aliphatic carbocycles. The summed E-state index contributed by atoms with van der Waals surface area (Å²) in [5.74, 6) is -1.12. The van der Waals surface area contributed by atoms with Crippen molar-refractivity contribution in [2.24, 2.45) is 5.73 Å². The lowest BCUT2D eigenvalue weighted by atomic mass is 10.1. The van der Waals surface area contributed by atoms with Gasteiger partial charge in [-0.15, -0.1) is 0 Å². The fourth-order valence-electron chi connectivity index (χ4n) is 0.888. The van der Waals surface area contributed by atoms with Gasteiger partial charge in [-0.2, -0.15) is 0 Å². The normalized spacial score (nSPS) is 11.3. The van der Waals surface area contributed by atoms with Crippen molar-refractivity contribution in [2.45, 2.75) is 12.5 Å². The van der Waals surface area contributed by atoms with Crippen molar-refractivity contribution in [3.05, 3.63) is 24.8 Å². The molecule has 0 aromatic rings. The maximum atomic E-state index is 11.0. The first kappa shape index (κ1) is 13.4. The van der Waals surface area contributed by atoms with Gasteiger partial charge in [0, 0.05) is 24.6 Å². The van der Waals surface area contributed by atoms with E-state index in [2.05, 4.69) is 17.9 Å². The molecule has 5 nitrogen and oxygen atoms in total. The molecular formula is C10H15NO4. The number of hydrogen-bond donors (Lipinski definition) is 1. The van der Waals surface area contributed by atoms with E-state index in [9.17, 15) is 9.59 Å². The van der Waals surface area contributed by atoms with Crippen LogP contribution in [0.4, 0.5) is 0 Å². The third-order valence-corrected chi connectivity index (χ3v) is 1.66. The van der Waals surface area contributed by atoms with E-state index in [1.165, 1.54) is 7.11 Å². The average molecular weight is 213 g/mol. The number of hydrogen-bond acceptors (Lipinski definition) is 5. The van der Waals surface area contributed by atoms with Crippen molar-refractivity contribution in [1.82, 2.24) is 0 Å². The number of ether oxygens (including phenoxy) is 2. The van der Waals surface area contributed by atoms with Crippen LogP contribution in [0.1, 0.15) is 6.42 Å². The van der Waals surface area contributed by atoms with E-state index in [1.807, 2.05) is 0 Å². The molecular weight excluding hydrogens is 198 g/mol. The summed E-state index contributed by atoms with van der Waals surface area (Å²) in [6.07, 6.45) is 0.605. The smallest absolute Gasteiger partial charge is 0.333 e. The van der Waals surface area contributed by atoms with E-state index < -0.39 is 18.0 Å². The van der Waals surface area contributed by atoms with E-state index >= 15 is 0 Å². The lowest BCUT2D eigenvalue weighted by Gasteiger charge is -2.15. The zero-order chi connectivity index (χ0) is 11.8. The topological polar surface area (TPSA) is 78.6 Å². The standard InChI is InChI=1S/C10H15NO4/c1-4-9(12)15-8(6-11)5-7(2)10(13)14-3/h4,8H,1-2,5-6,11H2,3H3. The molecule has 0 amide bonds. The Balaban J connectivity index is 4.21. The van der Waals surface area contributed by atoms with Crippen LogP contribution in [0, 0.1) is 0 Å². The van der Waals surface area contributed by atoms with Crippen molar-refractivity contribution in [3.63, 3.8) is 0 Å². The molecule has 5 heteroatoms. The number of methoxy groups -OCH3 is 1.